The van der Waals surface area contributed by atoms with Crippen LogP contribution in [-0.2, 0) is 12.8 Å². The summed E-state index contributed by atoms with van der Waals surface area (Å²) in [6.45, 7) is 13.3. The van der Waals surface area contributed by atoms with Gasteiger partial charge in [0.05, 0.1) is 12.5 Å². The highest BCUT2D eigenvalue weighted by molar-refractivity contribution is 5.78. The quantitative estimate of drug-likeness (QED) is 0.461. The zero-order valence-electron chi connectivity index (χ0n) is 20.3. The highest BCUT2D eigenvalue weighted by Crippen LogP contribution is 2.49. The van der Waals surface area contributed by atoms with E-state index in [1.165, 1.54) is 44.5 Å². The van der Waals surface area contributed by atoms with E-state index >= 15 is 0 Å². The zero-order chi connectivity index (χ0) is 23.0. The lowest BCUT2D eigenvalue weighted by Crippen LogP contribution is -2.24. The van der Waals surface area contributed by atoms with E-state index in [-0.39, 0.29) is 18.6 Å². The maximum absolute atomic E-state index is 10.3. The van der Waals surface area contributed by atoms with Crippen molar-refractivity contribution in [3.8, 4) is 16.9 Å². The summed E-state index contributed by atoms with van der Waals surface area (Å²) in [6.07, 6.45) is 1.80. The van der Waals surface area contributed by atoms with Crippen molar-refractivity contribution >= 4 is 0 Å². The molecule has 4 rings (SSSR count). The Morgan fingerprint density at radius 2 is 1.69 bits per heavy atom. The molecule has 0 aliphatic carbocycles. The van der Waals surface area contributed by atoms with Gasteiger partial charge in [-0.15, -0.1) is 0 Å². The molecule has 0 bridgehead atoms. The molecule has 3 aromatic carbocycles. The molecule has 168 valence electrons. The summed E-state index contributed by atoms with van der Waals surface area (Å²) in [6, 6.07) is 17.9. The first-order valence-corrected chi connectivity index (χ1v) is 11.9. The van der Waals surface area contributed by atoms with Crippen LogP contribution in [0.25, 0.3) is 11.1 Å². The van der Waals surface area contributed by atoms with Crippen LogP contribution < -0.4 is 4.74 Å². The van der Waals surface area contributed by atoms with Crippen LogP contribution in [0.1, 0.15) is 65.6 Å². The maximum Gasteiger partial charge on any atom is 0.133 e. The Hall–Kier alpha value is -2.58. The van der Waals surface area contributed by atoms with E-state index in [0.717, 1.165) is 24.2 Å². The summed E-state index contributed by atoms with van der Waals surface area (Å²) >= 11 is 0. The number of hydrogen-bond donors (Lipinski definition) is 1. The fourth-order valence-corrected chi connectivity index (χ4v) is 5.23. The van der Waals surface area contributed by atoms with Gasteiger partial charge in [0.15, 0.2) is 0 Å². The molecule has 0 aromatic heterocycles. The minimum absolute atomic E-state index is 0.000391. The SMILES string of the molecule is CCc1cc(C)cc(C2c3cc(C)cc(-c4cccc(CC(C)C)c4C)c3OC2CO)c1. The molecule has 32 heavy (non-hydrogen) atoms. The average Bonchev–Trinajstić information content (AvgIpc) is 3.12. The third kappa shape index (κ3) is 4.21. The predicted molar refractivity (Wildman–Crippen MR) is 134 cm³/mol. The normalized spacial score (nSPS) is 17.5. The lowest BCUT2D eigenvalue weighted by atomic mass is 9.84. The number of hydrogen-bond acceptors (Lipinski definition) is 2. The van der Waals surface area contributed by atoms with Crippen LogP contribution in [0.5, 0.6) is 5.75 Å². The smallest absolute Gasteiger partial charge is 0.133 e. The Morgan fingerprint density at radius 3 is 2.38 bits per heavy atom. The van der Waals surface area contributed by atoms with Crippen LogP contribution in [0.2, 0.25) is 0 Å². The van der Waals surface area contributed by atoms with Gasteiger partial charge in [-0.2, -0.15) is 0 Å². The van der Waals surface area contributed by atoms with Crippen LogP contribution in [-0.4, -0.2) is 17.8 Å². The topological polar surface area (TPSA) is 29.5 Å². The molecule has 0 radical (unpaired) electrons. The van der Waals surface area contributed by atoms with E-state index in [1.54, 1.807) is 0 Å². The molecule has 1 aliphatic heterocycles. The third-order valence-electron chi connectivity index (χ3n) is 6.71. The molecule has 0 saturated heterocycles. The summed E-state index contributed by atoms with van der Waals surface area (Å²) in [4.78, 5) is 0. The molecule has 0 spiro atoms. The van der Waals surface area contributed by atoms with E-state index in [0.29, 0.717) is 5.92 Å². The van der Waals surface area contributed by atoms with Crippen molar-refractivity contribution < 1.29 is 9.84 Å². The van der Waals surface area contributed by atoms with Gasteiger partial charge >= 0.3 is 0 Å². The number of ether oxygens (including phenoxy) is 1. The number of benzene rings is 3. The number of aliphatic hydroxyl groups excluding tert-OH is 1. The van der Waals surface area contributed by atoms with E-state index in [1.807, 2.05) is 0 Å². The summed E-state index contributed by atoms with van der Waals surface area (Å²) in [5.74, 6) is 1.59. The first-order chi connectivity index (χ1) is 15.3. The van der Waals surface area contributed by atoms with Gasteiger partial charge in [0.25, 0.3) is 0 Å². The molecule has 1 aliphatic rings. The molecular formula is C30H36O2. The summed E-state index contributed by atoms with van der Waals surface area (Å²) in [5.41, 5.74) is 11.3. The van der Waals surface area contributed by atoms with Crippen LogP contribution >= 0.6 is 0 Å². The molecule has 2 unspecified atom stereocenters. The Bertz CT molecular complexity index is 1130. The molecular weight excluding hydrogens is 392 g/mol. The summed E-state index contributed by atoms with van der Waals surface area (Å²) in [5, 5.41) is 10.3. The van der Waals surface area contributed by atoms with Gasteiger partial charge < -0.3 is 9.84 Å². The second-order valence-electron chi connectivity index (χ2n) is 9.84. The highest BCUT2D eigenvalue weighted by atomic mass is 16.5. The van der Waals surface area contributed by atoms with E-state index in [4.69, 9.17) is 4.74 Å². The van der Waals surface area contributed by atoms with Gasteiger partial charge in [0.1, 0.15) is 11.9 Å². The van der Waals surface area contributed by atoms with Crippen LogP contribution in [0.15, 0.2) is 48.5 Å². The lowest BCUT2D eigenvalue weighted by Gasteiger charge is -2.19. The van der Waals surface area contributed by atoms with Gasteiger partial charge in [-0.25, -0.2) is 0 Å². The standard InChI is InChI=1S/C30H36O2/c1-7-22-12-19(4)13-24(16-22)29-27-15-20(5)14-26(30(27)32-28(29)17-31)25-10-8-9-23(21(25)6)11-18(2)3/h8-10,12-16,18,28-29,31H,7,11,17H2,1-6H3. The number of rotatable bonds is 6. The van der Waals surface area contributed by atoms with Gasteiger partial charge in [-0.3, -0.25) is 0 Å². The number of fused-ring (bicyclic) bond motifs is 1. The Kier molecular flexibility index (Phi) is 6.44. The molecule has 3 aromatic rings. The van der Waals surface area contributed by atoms with Gasteiger partial charge in [-0.05, 0) is 79.0 Å². The van der Waals surface area contributed by atoms with Crippen molar-refractivity contribution in [3.05, 3.63) is 87.5 Å². The second-order valence-corrected chi connectivity index (χ2v) is 9.84. The van der Waals surface area contributed by atoms with Crippen molar-refractivity contribution in [2.75, 3.05) is 6.61 Å². The zero-order valence-corrected chi connectivity index (χ0v) is 20.3. The fraction of sp³-hybridized carbons (Fsp3) is 0.400. The second kappa shape index (κ2) is 9.11. The van der Waals surface area contributed by atoms with E-state index in [2.05, 4.69) is 90.1 Å². The van der Waals surface area contributed by atoms with Gasteiger partial charge in [0, 0.05) is 11.1 Å². The first-order valence-electron chi connectivity index (χ1n) is 11.9. The first kappa shape index (κ1) is 22.6. The summed E-state index contributed by atoms with van der Waals surface area (Å²) < 4.78 is 6.50. The van der Waals surface area contributed by atoms with E-state index < -0.39 is 0 Å². The lowest BCUT2D eigenvalue weighted by molar-refractivity contribution is 0.124. The van der Waals surface area contributed by atoms with Crippen LogP contribution in [0, 0.1) is 26.7 Å². The minimum atomic E-state index is -0.267. The molecule has 1 N–H and O–H groups in total. The van der Waals surface area contributed by atoms with Crippen LogP contribution in [0.3, 0.4) is 0 Å². The Balaban J connectivity index is 1.89. The van der Waals surface area contributed by atoms with Crippen LogP contribution in [0.4, 0.5) is 0 Å². The fourth-order valence-electron chi connectivity index (χ4n) is 5.23. The van der Waals surface area contributed by atoms with Crippen molar-refractivity contribution in [1.82, 2.24) is 0 Å². The molecule has 0 amide bonds. The predicted octanol–water partition coefficient (Wildman–Crippen LogP) is 6.92. The third-order valence-corrected chi connectivity index (χ3v) is 6.71. The van der Waals surface area contributed by atoms with Crippen molar-refractivity contribution in [2.45, 2.75) is 66.4 Å². The Morgan fingerprint density at radius 1 is 0.938 bits per heavy atom. The number of aliphatic hydroxyl groups is 1. The number of aryl methyl sites for hydroxylation is 3. The van der Waals surface area contributed by atoms with Crippen molar-refractivity contribution in [1.29, 1.82) is 0 Å². The van der Waals surface area contributed by atoms with E-state index in [9.17, 15) is 5.11 Å². The largest absolute Gasteiger partial charge is 0.486 e. The molecule has 0 fully saturated rings. The molecule has 2 heteroatoms. The van der Waals surface area contributed by atoms with Gasteiger partial charge in [0.2, 0.25) is 0 Å². The average molecular weight is 429 g/mol. The monoisotopic (exact) mass is 428 g/mol. The van der Waals surface area contributed by atoms with Crippen molar-refractivity contribution in [2.24, 2.45) is 5.92 Å². The molecule has 0 saturated carbocycles. The molecule has 2 nitrogen and oxygen atoms in total. The molecule has 1 heterocycles. The minimum Gasteiger partial charge on any atom is -0.486 e. The van der Waals surface area contributed by atoms with Gasteiger partial charge in [-0.1, -0.05) is 68.8 Å². The highest BCUT2D eigenvalue weighted by Gasteiger charge is 2.37. The Labute approximate surface area is 193 Å². The summed E-state index contributed by atoms with van der Waals surface area (Å²) in [7, 11) is 0. The molecule has 2 atom stereocenters. The maximum atomic E-state index is 10.3. The van der Waals surface area contributed by atoms with Crippen molar-refractivity contribution in [3.63, 3.8) is 0 Å².